The number of nitriles is 1. The van der Waals surface area contributed by atoms with Gasteiger partial charge < -0.3 is 9.47 Å². The van der Waals surface area contributed by atoms with E-state index in [0.29, 0.717) is 0 Å². The first-order chi connectivity index (χ1) is 18.5. The third-order valence-electron chi connectivity index (χ3n) is 6.70. The van der Waals surface area contributed by atoms with E-state index in [2.05, 4.69) is 92.7 Å². The van der Waals surface area contributed by atoms with Gasteiger partial charge in [-0.05, 0) is 81.6 Å². The van der Waals surface area contributed by atoms with Crippen LogP contribution in [0.4, 0.5) is 0 Å². The molecule has 3 heteroatoms. The van der Waals surface area contributed by atoms with Crippen LogP contribution in [0.3, 0.4) is 0 Å². The molecular weight excluding hydrogens is 466 g/mol. The minimum absolute atomic E-state index is 0.249. The van der Waals surface area contributed by atoms with Crippen LogP contribution in [0.1, 0.15) is 48.6 Å². The maximum absolute atomic E-state index is 9.57. The summed E-state index contributed by atoms with van der Waals surface area (Å²) in [7, 11) is 3.36. The summed E-state index contributed by atoms with van der Waals surface area (Å²) in [6.45, 7) is 6.15. The van der Waals surface area contributed by atoms with Gasteiger partial charge in [-0.1, -0.05) is 92.7 Å². The van der Waals surface area contributed by atoms with Crippen molar-refractivity contribution in [1.29, 1.82) is 5.26 Å². The van der Waals surface area contributed by atoms with Crippen LogP contribution in [0.25, 0.3) is 16.7 Å². The van der Waals surface area contributed by atoms with Gasteiger partial charge in [0.15, 0.2) is 0 Å². The number of nitrogens with zero attached hydrogens (tertiary/aromatic N) is 1. The summed E-state index contributed by atoms with van der Waals surface area (Å²) in [5.41, 5.74) is 9.53. The zero-order valence-electron chi connectivity index (χ0n) is 22.7. The molecule has 4 rings (SSSR count). The molecular formula is C35H33NO2. The summed E-state index contributed by atoms with van der Waals surface area (Å²) in [6.07, 6.45) is 0. The molecule has 0 atom stereocenters. The maximum Gasteiger partial charge on any atom is 0.118 e. The highest BCUT2D eigenvalue weighted by Crippen LogP contribution is 2.38. The van der Waals surface area contributed by atoms with E-state index in [1.807, 2.05) is 37.3 Å². The average Bonchev–Trinajstić information content (AvgIpc) is 2.97. The second-order valence-corrected chi connectivity index (χ2v) is 9.46. The van der Waals surface area contributed by atoms with Crippen molar-refractivity contribution in [3.05, 3.63) is 137 Å². The summed E-state index contributed by atoms with van der Waals surface area (Å²) in [6, 6.07) is 37.8. The van der Waals surface area contributed by atoms with Crippen LogP contribution < -0.4 is 9.47 Å². The molecule has 0 fully saturated rings. The van der Waals surface area contributed by atoms with Crippen LogP contribution in [-0.2, 0) is 0 Å². The van der Waals surface area contributed by atoms with Crippen molar-refractivity contribution < 1.29 is 9.47 Å². The van der Waals surface area contributed by atoms with Gasteiger partial charge >= 0.3 is 0 Å². The lowest BCUT2D eigenvalue weighted by atomic mass is 9.84. The number of hydrogen-bond acceptors (Lipinski definition) is 3. The highest BCUT2D eigenvalue weighted by atomic mass is 16.5. The normalized spacial score (nSPS) is 11.4. The van der Waals surface area contributed by atoms with Crippen molar-refractivity contribution in [3.63, 3.8) is 0 Å². The van der Waals surface area contributed by atoms with Gasteiger partial charge in [-0.15, -0.1) is 0 Å². The van der Waals surface area contributed by atoms with Gasteiger partial charge in [-0.25, -0.2) is 0 Å². The van der Waals surface area contributed by atoms with Crippen LogP contribution in [-0.4, -0.2) is 14.2 Å². The summed E-state index contributed by atoms with van der Waals surface area (Å²) < 4.78 is 10.9. The lowest BCUT2D eigenvalue weighted by Crippen LogP contribution is -2.00. The summed E-state index contributed by atoms with van der Waals surface area (Å²) in [5.74, 6) is 1.88. The first-order valence-electron chi connectivity index (χ1n) is 12.8. The quantitative estimate of drug-likeness (QED) is 0.180. The predicted molar refractivity (Wildman–Crippen MR) is 157 cm³/mol. The van der Waals surface area contributed by atoms with E-state index >= 15 is 0 Å². The summed E-state index contributed by atoms with van der Waals surface area (Å²) in [4.78, 5) is 0. The Kier molecular flexibility index (Phi) is 8.46. The van der Waals surface area contributed by atoms with Crippen LogP contribution in [0.5, 0.6) is 11.5 Å². The smallest absolute Gasteiger partial charge is 0.118 e. The van der Waals surface area contributed by atoms with Crippen molar-refractivity contribution in [2.24, 2.45) is 5.92 Å². The molecule has 190 valence electrons. The number of rotatable bonds is 8. The maximum atomic E-state index is 9.57. The van der Waals surface area contributed by atoms with Crippen molar-refractivity contribution >= 4 is 16.7 Å². The Morgan fingerprint density at radius 1 is 0.579 bits per heavy atom. The van der Waals surface area contributed by atoms with E-state index < -0.39 is 0 Å². The van der Waals surface area contributed by atoms with Crippen LogP contribution >= 0.6 is 0 Å². The molecule has 0 unspecified atom stereocenters. The Bertz CT molecular complexity index is 1420. The molecule has 0 amide bonds. The SMILES string of the molecule is COc1ccc(C(=C(c2ccccc2)c2ccc(/C(=C(/C)C#N)C(C)C)cc2)c2ccc(OC)cc2)cc1. The highest BCUT2D eigenvalue weighted by molar-refractivity contribution is 6.04. The van der Waals surface area contributed by atoms with Crippen LogP contribution in [0, 0.1) is 17.2 Å². The first kappa shape index (κ1) is 26.5. The second-order valence-electron chi connectivity index (χ2n) is 9.46. The summed E-state index contributed by atoms with van der Waals surface area (Å²) in [5, 5.41) is 9.57. The Morgan fingerprint density at radius 3 is 1.32 bits per heavy atom. The average molecular weight is 500 g/mol. The standard InChI is InChI=1S/C35H33NO2/c1-24(2)33(25(3)23-36)27-11-13-28(14-12-27)34(26-9-7-6-8-10-26)35(29-15-19-31(37-4)20-16-29)30-17-21-32(38-5)22-18-30/h6-22,24H,1-5H3/b33-25-. The Morgan fingerprint density at radius 2 is 0.947 bits per heavy atom. The highest BCUT2D eigenvalue weighted by Gasteiger charge is 2.18. The monoisotopic (exact) mass is 499 g/mol. The molecule has 0 radical (unpaired) electrons. The third kappa shape index (κ3) is 5.71. The molecule has 0 aliphatic rings. The molecule has 0 spiro atoms. The third-order valence-corrected chi connectivity index (χ3v) is 6.70. The molecule has 0 saturated heterocycles. The van der Waals surface area contributed by atoms with Gasteiger partial charge in [0.25, 0.3) is 0 Å². The minimum atomic E-state index is 0.249. The van der Waals surface area contributed by atoms with Crippen molar-refractivity contribution in [2.75, 3.05) is 14.2 Å². The van der Waals surface area contributed by atoms with Crippen LogP contribution in [0.15, 0.2) is 109 Å². The number of ether oxygens (including phenoxy) is 2. The molecule has 0 bridgehead atoms. The summed E-state index contributed by atoms with van der Waals surface area (Å²) >= 11 is 0. The lowest BCUT2D eigenvalue weighted by molar-refractivity contribution is 0.414. The number of hydrogen-bond donors (Lipinski definition) is 0. The molecule has 0 aromatic heterocycles. The minimum Gasteiger partial charge on any atom is -0.497 e. The van der Waals surface area contributed by atoms with E-state index in [1.54, 1.807) is 14.2 Å². The van der Waals surface area contributed by atoms with Crippen LogP contribution in [0.2, 0.25) is 0 Å². The molecule has 0 N–H and O–H groups in total. The van der Waals surface area contributed by atoms with Gasteiger partial charge in [-0.2, -0.15) is 5.26 Å². The predicted octanol–water partition coefficient (Wildman–Crippen LogP) is 8.66. The number of methoxy groups -OCH3 is 2. The fourth-order valence-corrected chi connectivity index (χ4v) is 4.89. The van der Waals surface area contributed by atoms with E-state index in [-0.39, 0.29) is 5.92 Å². The van der Waals surface area contributed by atoms with E-state index in [4.69, 9.17) is 9.47 Å². The molecule has 0 aliphatic heterocycles. The lowest BCUT2D eigenvalue weighted by Gasteiger charge is -2.19. The Balaban J connectivity index is 2.01. The van der Waals surface area contributed by atoms with Crippen molar-refractivity contribution in [2.45, 2.75) is 20.8 Å². The first-order valence-corrected chi connectivity index (χ1v) is 12.8. The number of benzene rings is 4. The zero-order valence-corrected chi connectivity index (χ0v) is 22.7. The van der Waals surface area contributed by atoms with Gasteiger partial charge in [0.1, 0.15) is 11.5 Å². The molecule has 38 heavy (non-hydrogen) atoms. The van der Waals surface area contributed by atoms with Gasteiger partial charge in [0, 0.05) is 5.57 Å². The fraction of sp³-hybridized carbons (Fsp3) is 0.171. The van der Waals surface area contributed by atoms with E-state index in [1.165, 1.54) is 0 Å². The van der Waals surface area contributed by atoms with Gasteiger partial charge in [0.2, 0.25) is 0 Å². The zero-order chi connectivity index (χ0) is 27.1. The second kappa shape index (κ2) is 12.1. The van der Waals surface area contributed by atoms with E-state index in [9.17, 15) is 5.26 Å². The van der Waals surface area contributed by atoms with Crippen molar-refractivity contribution in [3.8, 4) is 17.6 Å². The Labute approximate surface area is 226 Å². The fourth-order valence-electron chi connectivity index (χ4n) is 4.89. The molecule has 0 heterocycles. The van der Waals surface area contributed by atoms with Gasteiger partial charge in [0.05, 0.1) is 20.3 Å². The largest absolute Gasteiger partial charge is 0.497 e. The molecule has 4 aromatic rings. The molecule has 4 aromatic carbocycles. The molecule has 0 saturated carbocycles. The topological polar surface area (TPSA) is 42.2 Å². The van der Waals surface area contributed by atoms with Crippen molar-refractivity contribution in [1.82, 2.24) is 0 Å². The Hall–Kier alpha value is -4.55. The van der Waals surface area contributed by atoms with Gasteiger partial charge in [-0.3, -0.25) is 0 Å². The molecule has 3 nitrogen and oxygen atoms in total. The molecule has 0 aliphatic carbocycles. The number of allylic oxidation sites excluding steroid dienone is 2. The van der Waals surface area contributed by atoms with E-state index in [0.717, 1.165) is 61.6 Å².